The first-order valence-electron chi connectivity index (χ1n) is 9.87. The van der Waals surface area contributed by atoms with Gasteiger partial charge in [-0.05, 0) is 42.5 Å². The first-order chi connectivity index (χ1) is 12.2. The van der Waals surface area contributed by atoms with Crippen molar-refractivity contribution in [3.05, 3.63) is 23.3 Å². The summed E-state index contributed by atoms with van der Waals surface area (Å²) in [4.78, 5) is 14.8. The maximum absolute atomic E-state index is 12.4. The maximum atomic E-state index is 12.4. The molecule has 4 nitrogen and oxygen atoms in total. The largest absolute Gasteiger partial charge is 0.493 e. The molecular weight excluding hydrogens is 290 g/mol. The van der Waals surface area contributed by atoms with Crippen LogP contribution >= 0.6 is 0 Å². The van der Waals surface area contributed by atoms with Crippen molar-refractivity contribution in [1.29, 1.82) is 0 Å². The molecular formula is C19H27NO3. The molecule has 2 aliphatic rings. The number of hydrogen-bond donors (Lipinski definition) is 0. The fourth-order valence-electron chi connectivity index (χ4n) is 3.99. The lowest BCUT2D eigenvalue weighted by molar-refractivity contribution is -0.128. The average Bonchev–Trinajstić information content (AvgIpc) is 2.58. The zero-order valence-electron chi connectivity index (χ0n) is 17.1. The van der Waals surface area contributed by atoms with Gasteiger partial charge in [0.05, 0.1) is 18.3 Å². The minimum Gasteiger partial charge on any atom is -0.493 e. The number of piperidine rings is 1. The molecule has 2 unspecified atom stereocenters. The van der Waals surface area contributed by atoms with Gasteiger partial charge in [0.1, 0.15) is 5.78 Å². The number of rotatable bonds is 4. The topological polar surface area (TPSA) is 38.8 Å². The molecule has 1 aromatic rings. The van der Waals surface area contributed by atoms with E-state index in [1.54, 1.807) is 0 Å². The summed E-state index contributed by atoms with van der Waals surface area (Å²) in [5.74, 6) is 1.22. The highest BCUT2D eigenvalue weighted by Gasteiger charge is 2.36. The van der Waals surface area contributed by atoms with Crippen LogP contribution in [-0.4, -0.2) is 37.9 Å². The molecule has 126 valence electrons. The van der Waals surface area contributed by atoms with Crippen molar-refractivity contribution in [3.8, 4) is 11.5 Å². The summed E-state index contributed by atoms with van der Waals surface area (Å²) in [6.45, 7) is 5.61. The van der Waals surface area contributed by atoms with Crippen LogP contribution < -0.4 is 9.47 Å². The molecule has 0 spiro atoms. The van der Waals surface area contributed by atoms with Gasteiger partial charge in [-0.15, -0.1) is 0 Å². The molecule has 4 heteroatoms. The Kier molecular flexibility index (Phi) is 3.63. The van der Waals surface area contributed by atoms with Crippen molar-refractivity contribution in [2.24, 2.45) is 11.8 Å². The average molecular weight is 320 g/mol. The summed E-state index contributed by atoms with van der Waals surface area (Å²) < 4.78 is 32.7. The van der Waals surface area contributed by atoms with Crippen LogP contribution in [0, 0.1) is 11.8 Å². The Morgan fingerprint density at radius 3 is 2.78 bits per heavy atom. The number of methoxy groups -OCH3 is 2. The lowest BCUT2D eigenvalue weighted by Gasteiger charge is -2.43. The predicted molar refractivity (Wildman–Crippen MR) is 90.1 cm³/mol. The highest BCUT2D eigenvalue weighted by molar-refractivity contribution is 5.83. The second-order valence-corrected chi connectivity index (χ2v) is 6.90. The van der Waals surface area contributed by atoms with E-state index in [1.807, 2.05) is 26.0 Å². The summed E-state index contributed by atoms with van der Waals surface area (Å²) in [5.41, 5.74) is 2.28. The van der Waals surface area contributed by atoms with Crippen LogP contribution in [0.5, 0.6) is 11.5 Å². The van der Waals surface area contributed by atoms with E-state index in [0.717, 1.165) is 37.9 Å². The smallest absolute Gasteiger partial charge is 0.161 e. The molecule has 2 aliphatic heterocycles. The lowest BCUT2D eigenvalue weighted by atomic mass is 9.80. The molecule has 0 saturated carbocycles. The second-order valence-electron chi connectivity index (χ2n) is 6.90. The zero-order chi connectivity index (χ0) is 19.1. The van der Waals surface area contributed by atoms with Crippen LogP contribution in [0.4, 0.5) is 0 Å². The van der Waals surface area contributed by atoms with Gasteiger partial charge in [0.2, 0.25) is 0 Å². The summed E-state index contributed by atoms with van der Waals surface area (Å²) in [6, 6.07) is 3.93. The standard InChI is InChI=1S/C19H27NO3/c1-12(2)19(21)14-5-6-16-15-10-18(23-4)17(22-3)9-13(15)7-8-20(16)11-14/h9-10,12,14,16H,5-8,11H2,1-4H3/i4D3. The van der Waals surface area contributed by atoms with Crippen molar-refractivity contribution < 1.29 is 18.4 Å². The molecule has 23 heavy (non-hydrogen) atoms. The Balaban J connectivity index is 1.87. The quantitative estimate of drug-likeness (QED) is 0.854. The van der Waals surface area contributed by atoms with Gasteiger partial charge < -0.3 is 9.47 Å². The van der Waals surface area contributed by atoms with Crippen molar-refractivity contribution in [2.45, 2.75) is 39.2 Å². The molecule has 0 radical (unpaired) electrons. The molecule has 0 aromatic heterocycles. The van der Waals surface area contributed by atoms with Gasteiger partial charge in [0, 0.05) is 31.0 Å². The fourth-order valence-corrected chi connectivity index (χ4v) is 3.99. The van der Waals surface area contributed by atoms with Gasteiger partial charge >= 0.3 is 0 Å². The van der Waals surface area contributed by atoms with Crippen molar-refractivity contribution in [2.75, 3.05) is 27.2 Å². The molecule has 2 atom stereocenters. The van der Waals surface area contributed by atoms with E-state index in [0.29, 0.717) is 11.5 Å². The number of carbonyl (C=O) groups excluding carboxylic acids is 1. The molecule has 0 N–H and O–H groups in total. The van der Waals surface area contributed by atoms with Gasteiger partial charge in [-0.1, -0.05) is 13.8 Å². The van der Waals surface area contributed by atoms with E-state index in [2.05, 4.69) is 4.90 Å². The van der Waals surface area contributed by atoms with Crippen LogP contribution in [0.15, 0.2) is 12.1 Å². The molecule has 1 fully saturated rings. The predicted octanol–water partition coefficient (Wildman–Crippen LogP) is 3.24. The summed E-state index contributed by atoms with van der Waals surface area (Å²) in [7, 11) is -0.997. The molecule has 0 aliphatic carbocycles. The molecule has 2 heterocycles. The number of carbonyl (C=O) groups is 1. The van der Waals surface area contributed by atoms with Crippen molar-refractivity contribution in [3.63, 3.8) is 0 Å². The molecule has 1 saturated heterocycles. The third-order valence-electron chi connectivity index (χ3n) is 5.22. The van der Waals surface area contributed by atoms with Crippen LogP contribution in [0.25, 0.3) is 0 Å². The Morgan fingerprint density at radius 1 is 1.30 bits per heavy atom. The number of benzene rings is 1. The zero-order valence-corrected chi connectivity index (χ0v) is 14.1. The van der Waals surface area contributed by atoms with E-state index >= 15 is 0 Å². The SMILES string of the molecule is [2H]C([2H])([2H])Oc1cc2c(cc1OC)CCN1CC(C(=O)C(C)C)CCC21. The van der Waals surface area contributed by atoms with Gasteiger partial charge in [0.25, 0.3) is 0 Å². The van der Waals surface area contributed by atoms with Crippen molar-refractivity contribution >= 4 is 5.78 Å². The van der Waals surface area contributed by atoms with Crippen LogP contribution in [-0.2, 0) is 11.2 Å². The highest BCUT2D eigenvalue weighted by atomic mass is 16.5. The molecule has 3 rings (SSSR count). The third kappa shape index (κ3) is 2.97. The number of nitrogens with zero attached hydrogens (tertiary/aromatic N) is 1. The summed E-state index contributed by atoms with van der Waals surface area (Å²) in [6.07, 6.45) is 2.63. The number of Topliss-reactive ketones (excluding diaryl/α,β-unsaturated/α-hetero) is 1. The maximum Gasteiger partial charge on any atom is 0.161 e. The molecule has 0 bridgehead atoms. The van der Waals surface area contributed by atoms with Crippen LogP contribution in [0.1, 0.15) is 48.0 Å². The highest BCUT2D eigenvalue weighted by Crippen LogP contribution is 2.42. The number of hydrogen-bond acceptors (Lipinski definition) is 4. The second kappa shape index (κ2) is 6.52. The normalized spacial score (nSPS) is 26.5. The first kappa shape index (κ1) is 12.8. The Hall–Kier alpha value is -1.55. The van der Waals surface area contributed by atoms with Gasteiger partial charge in [-0.3, -0.25) is 9.69 Å². The first-order valence-corrected chi connectivity index (χ1v) is 8.37. The van der Waals surface area contributed by atoms with Gasteiger partial charge in [0.15, 0.2) is 11.5 Å². The van der Waals surface area contributed by atoms with Crippen molar-refractivity contribution in [1.82, 2.24) is 4.90 Å². The Morgan fingerprint density at radius 2 is 2.09 bits per heavy atom. The van der Waals surface area contributed by atoms with E-state index in [1.165, 1.54) is 12.7 Å². The number of ether oxygens (including phenoxy) is 2. The van der Waals surface area contributed by atoms with E-state index in [4.69, 9.17) is 13.6 Å². The van der Waals surface area contributed by atoms with E-state index < -0.39 is 7.04 Å². The Labute approximate surface area is 143 Å². The minimum absolute atomic E-state index is 0.0668. The third-order valence-corrected chi connectivity index (χ3v) is 5.22. The number of ketones is 1. The van der Waals surface area contributed by atoms with Gasteiger partial charge in [-0.2, -0.15) is 0 Å². The summed E-state index contributed by atoms with van der Waals surface area (Å²) in [5, 5.41) is 0. The molecule has 0 amide bonds. The Bertz CT molecular complexity index is 687. The van der Waals surface area contributed by atoms with E-state index in [-0.39, 0.29) is 23.6 Å². The molecule has 1 aromatic carbocycles. The van der Waals surface area contributed by atoms with E-state index in [9.17, 15) is 4.79 Å². The van der Waals surface area contributed by atoms with Gasteiger partial charge in [-0.25, -0.2) is 0 Å². The monoisotopic (exact) mass is 320 g/mol. The number of fused-ring (bicyclic) bond motifs is 3. The summed E-state index contributed by atoms with van der Waals surface area (Å²) >= 11 is 0. The van der Waals surface area contributed by atoms with Crippen LogP contribution in [0.2, 0.25) is 0 Å². The van der Waals surface area contributed by atoms with Crippen LogP contribution in [0.3, 0.4) is 0 Å². The minimum atomic E-state index is -2.52. The fraction of sp³-hybridized carbons (Fsp3) is 0.632. The lowest BCUT2D eigenvalue weighted by Crippen LogP contribution is -2.45.